The molecule has 5 nitrogen and oxygen atoms in total. The van der Waals surface area contributed by atoms with Crippen LogP contribution in [-0.4, -0.2) is 33.2 Å². The Balaban J connectivity index is 1.69. The smallest absolute Gasteiger partial charge is 0.196 e. The summed E-state index contributed by atoms with van der Waals surface area (Å²) in [5, 5.41) is 10.2. The van der Waals surface area contributed by atoms with Crippen molar-refractivity contribution in [3.05, 3.63) is 65.5 Å². The summed E-state index contributed by atoms with van der Waals surface area (Å²) in [6.07, 6.45) is 0. The van der Waals surface area contributed by atoms with Crippen LogP contribution in [-0.2, 0) is 0 Å². The lowest BCUT2D eigenvalue weighted by Gasteiger charge is -2.08. The Bertz CT molecular complexity index is 1160. The molecule has 2 aromatic heterocycles. The molecular weight excluding hydrogens is 365 g/mol. The zero-order valence-corrected chi connectivity index (χ0v) is 15.6. The van der Waals surface area contributed by atoms with Gasteiger partial charge in [-0.25, -0.2) is 4.39 Å². The number of pyridine rings is 1. The highest BCUT2D eigenvalue weighted by atomic mass is 32.2. The van der Waals surface area contributed by atoms with Gasteiger partial charge in [0.1, 0.15) is 11.6 Å². The largest absolute Gasteiger partial charge is 0.497 e. The molecule has 0 amide bonds. The van der Waals surface area contributed by atoms with Crippen molar-refractivity contribution in [2.75, 3.05) is 12.9 Å². The first-order chi connectivity index (χ1) is 13.1. The summed E-state index contributed by atoms with van der Waals surface area (Å²) in [6.45, 7) is 1.97. The van der Waals surface area contributed by atoms with E-state index < -0.39 is 0 Å². The Morgan fingerprint density at radius 3 is 2.67 bits per heavy atom. The zero-order valence-electron chi connectivity index (χ0n) is 14.8. The van der Waals surface area contributed by atoms with Crippen LogP contribution in [0.4, 0.5) is 4.39 Å². The number of carbonyl (C=O) groups excluding carboxylic acids is 1. The quantitative estimate of drug-likeness (QED) is 0.381. The second kappa shape index (κ2) is 7.00. The Morgan fingerprint density at radius 1 is 1.15 bits per heavy atom. The third kappa shape index (κ3) is 3.26. The lowest BCUT2D eigenvalue weighted by atomic mass is 10.1. The van der Waals surface area contributed by atoms with Crippen LogP contribution in [0.25, 0.3) is 16.6 Å². The van der Waals surface area contributed by atoms with Gasteiger partial charge in [0.2, 0.25) is 0 Å². The molecular formula is C20H16FN3O2S. The van der Waals surface area contributed by atoms with E-state index in [1.807, 2.05) is 35.6 Å². The first-order valence-corrected chi connectivity index (χ1v) is 9.29. The molecule has 136 valence electrons. The molecule has 7 heteroatoms. The third-order valence-corrected chi connectivity index (χ3v) is 5.26. The van der Waals surface area contributed by atoms with E-state index in [0.717, 1.165) is 27.9 Å². The predicted molar refractivity (Wildman–Crippen MR) is 103 cm³/mol. The fourth-order valence-corrected chi connectivity index (χ4v) is 3.80. The highest BCUT2D eigenvalue weighted by molar-refractivity contribution is 7.99. The van der Waals surface area contributed by atoms with E-state index in [2.05, 4.69) is 10.2 Å². The van der Waals surface area contributed by atoms with Gasteiger partial charge in [-0.05, 0) is 61.0 Å². The number of nitrogens with zero attached hydrogens (tertiary/aromatic N) is 3. The molecule has 0 unspecified atom stereocenters. The van der Waals surface area contributed by atoms with Crippen LogP contribution in [0.5, 0.6) is 5.75 Å². The molecule has 0 saturated heterocycles. The minimum absolute atomic E-state index is 0.0876. The van der Waals surface area contributed by atoms with Crippen molar-refractivity contribution in [3.63, 3.8) is 0 Å². The maximum absolute atomic E-state index is 13.0. The maximum Gasteiger partial charge on any atom is 0.196 e. The molecule has 0 bridgehead atoms. The molecule has 0 spiro atoms. The average molecular weight is 381 g/mol. The molecule has 0 atom stereocenters. The highest BCUT2D eigenvalue weighted by Gasteiger charge is 2.15. The standard InChI is InChI=1S/C20H16FN3O2S/c1-12-9-14-10-16(26-2)7-8-17(14)24-19(12)22-23-20(24)27-11-18(25)13-3-5-15(21)6-4-13/h3-10H,11H2,1-2H3. The fourth-order valence-electron chi connectivity index (χ4n) is 2.96. The van der Waals surface area contributed by atoms with Crippen LogP contribution in [0, 0.1) is 12.7 Å². The number of carbonyl (C=O) groups is 1. The first kappa shape index (κ1) is 17.5. The van der Waals surface area contributed by atoms with Gasteiger partial charge in [-0.15, -0.1) is 10.2 Å². The molecule has 0 radical (unpaired) electrons. The van der Waals surface area contributed by atoms with Crippen LogP contribution in [0.2, 0.25) is 0 Å². The Hall–Kier alpha value is -2.93. The number of thioether (sulfide) groups is 1. The second-order valence-electron chi connectivity index (χ2n) is 6.11. The van der Waals surface area contributed by atoms with Gasteiger partial charge < -0.3 is 4.74 Å². The average Bonchev–Trinajstić information content (AvgIpc) is 3.11. The van der Waals surface area contributed by atoms with Gasteiger partial charge in [-0.3, -0.25) is 9.20 Å². The predicted octanol–water partition coefficient (Wildman–Crippen LogP) is 4.31. The molecule has 0 aliphatic rings. The van der Waals surface area contributed by atoms with Gasteiger partial charge in [0, 0.05) is 10.9 Å². The number of benzene rings is 2. The zero-order chi connectivity index (χ0) is 19.0. The van der Waals surface area contributed by atoms with E-state index >= 15 is 0 Å². The summed E-state index contributed by atoms with van der Waals surface area (Å²) in [6, 6.07) is 13.4. The van der Waals surface area contributed by atoms with E-state index in [0.29, 0.717) is 10.7 Å². The number of ether oxygens (including phenoxy) is 1. The van der Waals surface area contributed by atoms with E-state index in [1.165, 1.54) is 36.0 Å². The number of rotatable bonds is 5. The molecule has 4 rings (SSSR count). The molecule has 0 N–H and O–H groups in total. The van der Waals surface area contributed by atoms with Crippen LogP contribution in [0.15, 0.2) is 53.7 Å². The van der Waals surface area contributed by atoms with Crippen LogP contribution < -0.4 is 4.74 Å². The summed E-state index contributed by atoms with van der Waals surface area (Å²) in [7, 11) is 1.63. The number of aromatic nitrogens is 3. The van der Waals surface area contributed by atoms with Crippen LogP contribution in [0.3, 0.4) is 0 Å². The minimum Gasteiger partial charge on any atom is -0.497 e. The van der Waals surface area contributed by atoms with Gasteiger partial charge in [-0.2, -0.15) is 0 Å². The number of halogens is 1. The number of methoxy groups -OCH3 is 1. The van der Waals surface area contributed by atoms with E-state index in [-0.39, 0.29) is 17.4 Å². The fraction of sp³-hybridized carbons (Fsp3) is 0.150. The highest BCUT2D eigenvalue weighted by Crippen LogP contribution is 2.28. The summed E-state index contributed by atoms with van der Waals surface area (Å²) in [5.41, 5.74) is 3.16. The van der Waals surface area contributed by atoms with Crippen molar-refractivity contribution in [3.8, 4) is 5.75 Å². The van der Waals surface area contributed by atoms with E-state index in [1.54, 1.807) is 7.11 Å². The van der Waals surface area contributed by atoms with Crippen LogP contribution in [0.1, 0.15) is 15.9 Å². The molecule has 0 aliphatic heterocycles. The van der Waals surface area contributed by atoms with Crippen molar-refractivity contribution >= 4 is 34.1 Å². The topological polar surface area (TPSA) is 56.5 Å². The molecule has 2 heterocycles. The van der Waals surface area contributed by atoms with Gasteiger partial charge in [-0.1, -0.05) is 11.8 Å². The second-order valence-corrected chi connectivity index (χ2v) is 7.05. The van der Waals surface area contributed by atoms with Crippen molar-refractivity contribution in [2.24, 2.45) is 0 Å². The number of ketones is 1. The SMILES string of the molecule is COc1ccc2c(c1)cc(C)c1nnc(SCC(=O)c3ccc(F)cc3)n12. The van der Waals surface area contributed by atoms with Crippen LogP contribution >= 0.6 is 11.8 Å². The number of hydrogen-bond donors (Lipinski definition) is 0. The van der Waals surface area contributed by atoms with Gasteiger partial charge >= 0.3 is 0 Å². The Kier molecular flexibility index (Phi) is 4.53. The summed E-state index contributed by atoms with van der Waals surface area (Å²) < 4.78 is 20.3. The number of fused-ring (bicyclic) bond motifs is 3. The van der Waals surface area contributed by atoms with Crippen molar-refractivity contribution in [1.82, 2.24) is 14.6 Å². The van der Waals surface area contributed by atoms with Crippen molar-refractivity contribution < 1.29 is 13.9 Å². The molecule has 0 fully saturated rings. The third-order valence-electron chi connectivity index (χ3n) is 4.33. The minimum atomic E-state index is -0.361. The van der Waals surface area contributed by atoms with Gasteiger partial charge in [0.15, 0.2) is 16.6 Å². The monoisotopic (exact) mass is 381 g/mol. The first-order valence-electron chi connectivity index (χ1n) is 8.31. The summed E-state index contributed by atoms with van der Waals surface area (Å²) in [4.78, 5) is 12.4. The molecule has 4 aromatic rings. The molecule has 27 heavy (non-hydrogen) atoms. The van der Waals surface area contributed by atoms with Crippen molar-refractivity contribution in [1.29, 1.82) is 0 Å². The molecule has 0 saturated carbocycles. The molecule has 2 aromatic carbocycles. The Labute approximate surface area is 159 Å². The van der Waals surface area contributed by atoms with Gasteiger partial charge in [0.05, 0.1) is 18.4 Å². The lowest BCUT2D eigenvalue weighted by Crippen LogP contribution is -2.03. The molecule has 0 aliphatic carbocycles. The Morgan fingerprint density at radius 2 is 1.93 bits per heavy atom. The summed E-state index contributed by atoms with van der Waals surface area (Å²) in [5.74, 6) is 0.517. The maximum atomic E-state index is 13.0. The normalized spacial score (nSPS) is 11.2. The number of hydrogen-bond acceptors (Lipinski definition) is 5. The lowest BCUT2D eigenvalue weighted by molar-refractivity contribution is 0.102. The number of aryl methyl sites for hydroxylation is 1. The van der Waals surface area contributed by atoms with E-state index in [9.17, 15) is 9.18 Å². The summed E-state index contributed by atoms with van der Waals surface area (Å²) >= 11 is 1.31. The van der Waals surface area contributed by atoms with Crippen molar-refractivity contribution in [2.45, 2.75) is 12.1 Å². The van der Waals surface area contributed by atoms with E-state index in [4.69, 9.17) is 4.74 Å². The van der Waals surface area contributed by atoms with Gasteiger partial charge in [0.25, 0.3) is 0 Å². The number of Topliss-reactive ketones (excluding diaryl/α,β-unsaturated/α-hetero) is 1.